The fourth-order valence-electron chi connectivity index (χ4n) is 7.53. The quantitative estimate of drug-likeness (QED) is 0.297. The van der Waals surface area contributed by atoms with Gasteiger partial charge in [0, 0.05) is 0 Å². The molecule has 2 unspecified atom stereocenters. The molecule has 0 N–H and O–H groups in total. The Morgan fingerprint density at radius 3 is 1.31 bits per heavy atom. The average Bonchev–Trinajstić information content (AvgIpc) is 3.49. The first kappa shape index (κ1) is 28.4. The van der Waals surface area contributed by atoms with Crippen molar-refractivity contribution in [1.82, 2.24) is 0 Å². The van der Waals surface area contributed by atoms with Gasteiger partial charge < -0.3 is 24.8 Å². The second-order valence-corrected chi connectivity index (χ2v) is 22.5. The van der Waals surface area contributed by atoms with E-state index in [0.29, 0.717) is 7.25 Å². The van der Waals surface area contributed by atoms with E-state index in [4.69, 9.17) is 0 Å². The maximum absolute atomic E-state index is 2.63. The van der Waals surface area contributed by atoms with Gasteiger partial charge in [-0.3, -0.25) is 0 Å². The van der Waals surface area contributed by atoms with E-state index in [1.807, 2.05) is 0 Å². The molecule has 1 saturated heterocycles. The van der Waals surface area contributed by atoms with Crippen LogP contribution in [0.1, 0.15) is 56.2 Å². The van der Waals surface area contributed by atoms with Crippen molar-refractivity contribution in [2.24, 2.45) is 0 Å². The number of fused-ring (bicyclic) bond motifs is 2. The van der Waals surface area contributed by atoms with Crippen molar-refractivity contribution in [3.05, 3.63) is 130 Å². The summed E-state index contributed by atoms with van der Waals surface area (Å²) in [5, 5.41) is 0. The van der Waals surface area contributed by atoms with Crippen LogP contribution in [0.5, 0.6) is 0 Å². The molecule has 0 spiro atoms. The van der Waals surface area contributed by atoms with Crippen LogP contribution in [-0.4, -0.2) is 0 Å². The van der Waals surface area contributed by atoms with Gasteiger partial charge in [-0.2, -0.15) is 0 Å². The predicted octanol–water partition coefficient (Wildman–Crippen LogP) is 4.43. The first-order valence-electron chi connectivity index (χ1n) is 14.0. The summed E-state index contributed by atoms with van der Waals surface area (Å²) in [4.78, 5) is 0. The van der Waals surface area contributed by atoms with Crippen LogP contribution in [0.15, 0.2) is 108 Å². The van der Waals surface area contributed by atoms with Crippen LogP contribution in [0.25, 0.3) is 34.4 Å². The van der Waals surface area contributed by atoms with Gasteiger partial charge >= 0.3 is 227 Å². The minimum absolute atomic E-state index is 0. The molecule has 3 aliphatic rings. The van der Waals surface area contributed by atoms with Gasteiger partial charge in [-0.1, -0.05) is 0 Å². The van der Waals surface area contributed by atoms with Gasteiger partial charge in [0.1, 0.15) is 0 Å². The zero-order chi connectivity index (χ0) is 25.0. The molecule has 1 fully saturated rings. The van der Waals surface area contributed by atoms with Crippen LogP contribution in [0, 0.1) is 0 Å². The monoisotopic (exact) mass is 626 g/mol. The van der Waals surface area contributed by atoms with Gasteiger partial charge in [0.2, 0.25) is 0 Å². The molecular formula is C36H34Cl2Zr. The zero-order valence-corrected chi connectivity index (χ0v) is 26.6. The molecule has 1 aliphatic heterocycles. The fourth-order valence-corrected chi connectivity index (χ4v) is 25.4. The van der Waals surface area contributed by atoms with Crippen LogP contribution >= 0.6 is 0 Å². The summed E-state index contributed by atoms with van der Waals surface area (Å²) >= 11 is -2.63. The molecule has 4 aromatic rings. The normalized spacial score (nSPS) is 18.8. The summed E-state index contributed by atoms with van der Waals surface area (Å²) in [5.74, 6) is 0. The van der Waals surface area contributed by atoms with Crippen molar-refractivity contribution in [2.75, 3.05) is 0 Å². The number of rotatable bonds is 6. The fraction of sp³-hybridized carbons (Fsp3) is 0.222. The van der Waals surface area contributed by atoms with Crippen molar-refractivity contribution in [1.29, 1.82) is 0 Å². The van der Waals surface area contributed by atoms with E-state index >= 15 is 0 Å². The van der Waals surface area contributed by atoms with Crippen LogP contribution in [-0.2, 0) is 20.3 Å². The molecule has 3 heteroatoms. The second kappa shape index (κ2) is 11.4. The Balaban J connectivity index is 0.00000154. The van der Waals surface area contributed by atoms with Crippen molar-refractivity contribution >= 4 is 12.2 Å². The van der Waals surface area contributed by atoms with E-state index in [9.17, 15) is 0 Å². The molecule has 7 rings (SSSR count). The molecule has 0 radical (unpaired) electrons. The predicted molar refractivity (Wildman–Crippen MR) is 155 cm³/mol. The Labute approximate surface area is 250 Å². The summed E-state index contributed by atoms with van der Waals surface area (Å²) in [6.45, 7) is 4.78. The maximum atomic E-state index is 2.60. The van der Waals surface area contributed by atoms with Crippen molar-refractivity contribution < 1.29 is 45.1 Å². The molecule has 0 amide bonds. The molecule has 39 heavy (non-hydrogen) atoms. The zero-order valence-electron chi connectivity index (χ0n) is 22.6. The smallest absolute Gasteiger partial charge is 1.00 e. The Morgan fingerprint density at radius 1 is 0.538 bits per heavy atom. The SMILES string of the molecule is CCC1=Cc2c(-c3ccccc3)cccc2[CH]1[Zr+2]1([CH]2C(CC)=Cc3c(-c4ccccc4)cccc32)[CH2][CH2]1.[Cl-].[Cl-]. The summed E-state index contributed by atoms with van der Waals surface area (Å²) < 4.78 is 4.46. The summed E-state index contributed by atoms with van der Waals surface area (Å²) in [7, 11) is 0. The van der Waals surface area contributed by atoms with Gasteiger partial charge in [-0.05, 0) is 0 Å². The van der Waals surface area contributed by atoms with Crippen LogP contribution < -0.4 is 24.8 Å². The number of hydrogen-bond acceptors (Lipinski definition) is 0. The van der Waals surface area contributed by atoms with Gasteiger partial charge in [-0.25, -0.2) is 0 Å². The van der Waals surface area contributed by atoms with Crippen LogP contribution in [0.2, 0.25) is 8.26 Å². The Kier molecular flexibility index (Phi) is 8.26. The number of allylic oxidation sites excluding steroid dienone is 2. The number of hydrogen-bond donors (Lipinski definition) is 0. The molecule has 2 atom stereocenters. The molecular weight excluding hydrogens is 595 g/mol. The van der Waals surface area contributed by atoms with Crippen molar-refractivity contribution in [3.8, 4) is 22.3 Å². The van der Waals surface area contributed by atoms with E-state index < -0.39 is 20.3 Å². The minimum atomic E-state index is -2.63. The van der Waals surface area contributed by atoms with Crippen LogP contribution in [0.3, 0.4) is 0 Å². The average molecular weight is 629 g/mol. The molecule has 0 saturated carbocycles. The van der Waals surface area contributed by atoms with Gasteiger partial charge in [0.15, 0.2) is 0 Å². The van der Waals surface area contributed by atoms with Gasteiger partial charge in [-0.15, -0.1) is 0 Å². The third kappa shape index (κ3) is 4.56. The van der Waals surface area contributed by atoms with Gasteiger partial charge in [0.25, 0.3) is 0 Å². The third-order valence-electron chi connectivity index (χ3n) is 9.27. The maximum Gasteiger partial charge on any atom is -1.00 e. The largest absolute Gasteiger partial charge is 1.00 e. The van der Waals surface area contributed by atoms with E-state index in [1.165, 1.54) is 54.5 Å². The van der Waals surface area contributed by atoms with Crippen molar-refractivity contribution in [2.45, 2.75) is 42.2 Å². The van der Waals surface area contributed by atoms with E-state index in [1.54, 1.807) is 22.3 Å². The Bertz CT molecular complexity index is 1430. The first-order valence-corrected chi connectivity index (χ1v) is 20.3. The molecule has 4 aromatic carbocycles. The molecule has 0 nitrogen and oxygen atoms in total. The Morgan fingerprint density at radius 2 is 0.949 bits per heavy atom. The second-order valence-electron chi connectivity index (χ2n) is 11.1. The standard InChI is InChI=1S/2C17H15.C2H4.2ClH.Zr/c2*1-2-13-11-15-9-6-10-16(17(15)12-13)14-7-4-3-5-8-14;1-2;;;/h2*3-12H,2H2,1H3;1-2H2;2*1H;/q;;;;;+2/p-2. The number of halogens is 2. The molecule has 0 bridgehead atoms. The summed E-state index contributed by atoms with van der Waals surface area (Å²) in [6.07, 6.45) is 7.54. The van der Waals surface area contributed by atoms with E-state index in [2.05, 4.69) is 123 Å². The molecule has 196 valence electrons. The molecule has 2 aliphatic carbocycles. The van der Waals surface area contributed by atoms with Gasteiger partial charge in [0.05, 0.1) is 0 Å². The minimum Gasteiger partial charge on any atom is -1.00 e. The van der Waals surface area contributed by atoms with E-state index in [-0.39, 0.29) is 24.8 Å². The third-order valence-corrected chi connectivity index (χ3v) is 22.3. The number of benzene rings is 4. The summed E-state index contributed by atoms with van der Waals surface area (Å²) in [5.41, 5.74) is 15.3. The van der Waals surface area contributed by atoms with E-state index in [0.717, 1.165) is 0 Å². The first-order chi connectivity index (χ1) is 18.2. The molecule has 0 aromatic heterocycles. The summed E-state index contributed by atoms with van der Waals surface area (Å²) in [6, 6.07) is 36.3. The molecule has 1 heterocycles. The van der Waals surface area contributed by atoms with Crippen molar-refractivity contribution in [3.63, 3.8) is 0 Å². The van der Waals surface area contributed by atoms with Crippen LogP contribution in [0.4, 0.5) is 0 Å². The Hall–Kier alpha value is -2.18. The topological polar surface area (TPSA) is 0 Å².